The Morgan fingerprint density at radius 3 is 2.92 bits per heavy atom. The zero-order valence-electron chi connectivity index (χ0n) is 15.6. The molecule has 0 aliphatic carbocycles. The van der Waals surface area contributed by atoms with Crippen LogP contribution in [0.3, 0.4) is 0 Å². The van der Waals surface area contributed by atoms with Crippen LogP contribution in [-0.2, 0) is 4.74 Å². The van der Waals surface area contributed by atoms with E-state index in [9.17, 15) is 0 Å². The molecule has 1 aliphatic rings. The second-order valence-electron chi connectivity index (χ2n) is 6.14. The van der Waals surface area contributed by atoms with Gasteiger partial charge in [-0.1, -0.05) is 11.6 Å². The number of nitrogens with one attached hydrogen (secondary N) is 1. The van der Waals surface area contributed by atoms with E-state index in [4.69, 9.17) is 21.1 Å². The van der Waals surface area contributed by atoms with E-state index in [-0.39, 0.29) is 24.0 Å². The van der Waals surface area contributed by atoms with Crippen molar-refractivity contribution >= 4 is 41.5 Å². The molecule has 0 spiro atoms. The number of rotatable bonds is 8. The van der Waals surface area contributed by atoms with Crippen molar-refractivity contribution in [1.82, 2.24) is 15.2 Å². The molecular weight excluding hydrogens is 467 g/mol. The lowest BCUT2D eigenvalue weighted by Crippen LogP contribution is -2.40. The van der Waals surface area contributed by atoms with Crippen molar-refractivity contribution in [2.24, 2.45) is 10.9 Å². The molecule has 0 saturated carbocycles. The Morgan fingerprint density at radius 1 is 1.46 bits per heavy atom. The Kier molecular flexibility index (Phi) is 12.0. The summed E-state index contributed by atoms with van der Waals surface area (Å²) in [5.74, 6) is 2.12. The van der Waals surface area contributed by atoms with Crippen LogP contribution >= 0.6 is 35.6 Å². The molecule has 0 atom stereocenters. The molecule has 1 aliphatic heterocycles. The van der Waals surface area contributed by atoms with Crippen LogP contribution in [0, 0.1) is 5.92 Å². The maximum atomic E-state index is 6.03. The summed E-state index contributed by atoms with van der Waals surface area (Å²) in [7, 11) is 2.08. The molecule has 0 aromatic carbocycles. The van der Waals surface area contributed by atoms with Crippen molar-refractivity contribution in [2.75, 3.05) is 46.5 Å². The van der Waals surface area contributed by atoms with Gasteiger partial charge in [0.25, 0.3) is 0 Å². The predicted octanol–water partition coefficient (Wildman–Crippen LogP) is 3.45. The quantitative estimate of drug-likeness (QED) is 0.259. The van der Waals surface area contributed by atoms with E-state index in [1.54, 1.807) is 18.3 Å². The van der Waals surface area contributed by atoms with Gasteiger partial charge in [0, 0.05) is 39.5 Å². The molecule has 1 fully saturated rings. The van der Waals surface area contributed by atoms with Gasteiger partial charge in [-0.2, -0.15) is 0 Å². The Hall–Kier alpha value is -0.800. The van der Waals surface area contributed by atoms with Gasteiger partial charge in [-0.3, -0.25) is 0 Å². The second kappa shape index (κ2) is 13.4. The molecule has 0 unspecified atom stereocenters. The molecule has 8 heteroatoms. The monoisotopic (exact) mass is 496 g/mol. The second-order valence-corrected chi connectivity index (χ2v) is 6.55. The van der Waals surface area contributed by atoms with Gasteiger partial charge in [-0.25, -0.2) is 9.98 Å². The van der Waals surface area contributed by atoms with E-state index in [0.717, 1.165) is 38.2 Å². The average Bonchev–Trinajstić information content (AvgIpc) is 2.64. The molecule has 1 aromatic heterocycles. The lowest BCUT2D eigenvalue weighted by molar-refractivity contribution is 0.0625. The molecule has 0 radical (unpaired) electrons. The Labute approximate surface area is 178 Å². The van der Waals surface area contributed by atoms with Gasteiger partial charge in [-0.15, -0.1) is 24.0 Å². The summed E-state index contributed by atoms with van der Waals surface area (Å²) in [4.78, 5) is 10.9. The molecule has 1 aromatic rings. The van der Waals surface area contributed by atoms with Crippen molar-refractivity contribution in [1.29, 1.82) is 0 Å². The predicted molar refractivity (Wildman–Crippen MR) is 117 cm³/mol. The standard InChI is InChI=1S/C18H29ClN4O2.HI/c1-3-20-18(23(2)11-6-15-7-12-24-13-8-15)22-10-14-25-17-16(19)5-4-9-21-17;/h4-5,9,15H,3,6-8,10-14H2,1-2H3,(H,20,22);1H. The van der Waals surface area contributed by atoms with Crippen molar-refractivity contribution in [3.8, 4) is 5.88 Å². The van der Waals surface area contributed by atoms with Crippen molar-refractivity contribution < 1.29 is 9.47 Å². The van der Waals surface area contributed by atoms with E-state index < -0.39 is 0 Å². The van der Waals surface area contributed by atoms with Crippen molar-refractivity contribution in [3.63, 3.8) is 0 Å². The number of ether oxygens (including phenoxy) is 2. The number of nitrogens with zero attached hydrogens (tertiary/aromatic N) is 3. The van der Waals surface area contributed by atoms with Gasteiger partial charge in [0.05, 0.1) is 6.54 Å². The molecule has 1 saturated heterocycles. The van der Waals surface area contributed by atoms with E-state index in [1.165, 1.54) is 19.3 Å². The van der Waals surface area contributed by atoms with Crippen molar-refractivity contribution in [2.45, 2.75) is 26.2 Å². The van der Waals surface area contributed by atoms with Gasteiger partial charge in [0.1, 0.15) is 11.6 Å². The minimum atomic E-state index is 0. The fraction of sp³-hybridized carbons (Fsp3) is 0.667. The number of pyridine rings is 1. The van der Waals surface area contributed by atoms with E-state index in [0.29, 0.717) is 24.1 Å². The first-order valence-corrected chi connectivity index (χ1v) is 9.39. The van der Waals surface area contributed by atoms with Crippen LogP contribution in [0.15, 0.2) is 23.3 Å². The summed E-state index contributed by atoms with van der Waals surface area (Å²) in [6.45, 7) is 6.70. The van der Waals surface area contributed by atoms with E-state index >= 15 is 0 Å². The minimum Gasteiger partial charge on any atom is -0.475 e. The third kappa shape index (κ3) is 8.26. The molecule has 0 amide bonds. The number of hydrogen-bond donors (Lipinski definition) is 1. The molecule has 2 heterocycles. The summed E-state index contributed by atoms with van der Waals surface area (Å²) in [5.41, 5.74) is 0. The van der Waals surface area contributed by atoms with Crippen LogP contribution in [0.25, 0.3) is 0 Å². The first-order valence-electron chi connectivity index (χ1n) is 9.01. The molecule has 26 heavy (non-hydrogen) atoms. The Bertz CT molecular complexity index is 542. The molecular formula is C18H30ClIN4O2. The Morgan fingerprint density at radius 2 is 2.23 bits per heavy atom. The number of guanidine groups is 1. The van der Waals surface area contributed by atoms with E-state index in [1.807, 2.05) is 0 Å². The topological polar surface area (TPSA) is 59.0 Å². The SMILES string of the molecule is CCNC(=NCCOc1ncccc1Cl)N(C)CCC1CCOCC1.I. The van der Waals surface area contributed by atoms with Crippen LogP contribution < -0.4 is 10.1 Å². The molecule has 148 valence electrons. The van der Waals surface area contributed by atoms with Gasteiger partial charge in [0.2, 0.25) is 5.88 Å². The number of aliphatic imine (C=N–C) groups is 1. The summed E-state index contributed by atoms with van der Waals surface area (Å²) in [5, 5.41) is 3.85. The van der Waals surface area contributed by atoms with Gasteiger partial charge in [-0.05, 0) is 44.2 Å². The van der Waals surface area contributed by atoms with Crippen LogP contribution in [-0.4, -0.2) is 62.3 Å². The van der Waals surface area contributed by atoms with E-state index in [2.05, 4.69) is 34.2 Å². The fourth-order valence-electron chi connectivity index (χ4n) is 2.76. The van der Waals surface area contributed by atoms with Crippen LogP contribution in [0.4, 0.5) is 0 Å². The average molecular weight is 497 g/mol. The zero-order valence-corrected chi connectivity index (χ0v) is 18.7. The number of hydrogen-bond acceptors (Lipinski definition) is 4. The molecule has 6 nitrogen and oxygen atoms in total. The number of aromatic nitrogens is 1. The maximum Gasteiger partial charge on any atom is 0.232 e. The van der Waals surface area contributed by atoms with Gasteiger partial charge in [0.15, 0.2) is 5.96 Å². The third-order valence-electron chi connectivity index (χ3n) is 4.23. The minimum absolute atomic E-state index is 0. The zero-order chi connectivity index (χ0) is 17.9. The molecule has 0 bridgehead atoms. The highest BCUT2D eigenvalue weighted by Gasteiger charge is 2.15. The molecule has 2 rings (SSSR count). The summed E-state index contributed by atoms with van der Waals surface area (Å²) < 4.78 is 11.0. The lowest BCUT2D eigenvalue weighted by Gasteiger charge is -2.26. The van der Waals surface area contributed by atoms with Crippen LogP contribution in [0.1, 0.15) is 26.2 Å². The number of halogens is 2. The fourth-order valence-corrected chi connectivity index (χ4v) is 2.93. The van der Waals surface area contributed by atoms with Crippen LogP contribution in [0.2, 0.25) is 5.02 Å². The largest absolute Gasteiger partial charge is 0.475 e. The summed E-state index contributed by atoms with van der Waals surface area (Å²) >= 11 is 6.03. The van der Waals surface area contributed by atoms with Gasteiger partial charge >= 0.3 is 0 Å². The summed E-state index contributed by atoms with van der Waals surface area (Å²) in [6, 6.07) is 3.55. The normalized spacial score (nSPS) is 15.3. The smallest absolute Gasteiger partial charge is 0.232 e. The highest BCUT2D eigenvalue weighted by molar-refractivity contribution is 14.0. The van der Waals surface area contributed by atoms with Crippen molar-refractivity contribution in [3.05, 3.63) is 23.4 Å². The Balaban J connectivity index is 0.00000338. The first-order chi connectivity index (χ1) is 12.2. The maximum absolute atomic E-state index is 6.03. The third-order valence-corrected chi connectivity index (χ3v) is 4.51. The van der Waals surface area contributed by atoms with Crippen LogP contribution in [0.5, 0.6) is 5.88 Å². The van der Waals surface area contributed by atoms with Gasteiger partial charge < -0.3 is 19.7 Å². The highest BCUT2D eigenvalue weighted by Crippen LogP contribution is 2.20. The molecule has 1 N–H and O–H groups in total. The summed E-state index contributed by atoms with van der Waals surface area (Å²) in [6.07, 6.45) is 5.17. The lowest BCUT2D eigenvalue weighted by atomic mass is 9.96. The first kappa shape index (κ1) is 23.2. The highest BCUT2D eigenvalue weighted by atomic mass is 127.